The highest BCUT2D eigenvalue weighted by molar-refractivity contribution is 14.0. The SMILES string of the molecule is CSCCN=C(N)Nc1ccc(C)cc1.I. The maximum Gasteiger partial charge on any atom is 0.193 e. The number of rotatable bonds is 4. The molecule has 0 saturated heterocycles. The van der Waals surface area contributed by atoms with Crippen molar-refractivity contribution in [1.82, 2.24) is 0 Å². The van der Waals surface area contributed by atoms with Gasteiger partial charge in [0.05, 0.1) is 6.54 Å². The van der Waals surface area contributed by atoms with Gasteiger partial charge in [0.15, 0.2) is 5.96 Å². The van der Waals surface area contributed by atoms with Gasteiger partial charge in [-0.3, -0.25) is 4.99 Å². The number of nitrogens with one attached hydrogen (secondary N) is 1. The summed E-state index contributed by atoms with van der Waals surface area (Å²) in [5.41, 5.74) is 7.93. The molecule has 0 saturated carbocycles. The molecular weight excluding hydrogens is 333 g/mol. The molecule has 0 aliphatic heterocycles. The van der Waals surface area contributed by atoms with Crippen LogP contribution < -0.4 is 11.1 Å². The number of hydrogen-bond donors (Lipinski definition) is 2. The molecule has 0 atom stereocenters. The summed E-state index contributed by atoms with van der Waals surface area (Å²) in [6, 6.07) is 8.06. The van der Waals surface area contributed by atoms with Crippen LogP contribution in [0.3, 0.4) is 0 Å². The fourth-order valence-electron chi connectivity index (χ4n) is 1.08. The van der Waals surface area contributed by atoms with Crippen LogP contribution in [0.15, 0.2) is 29.3 Å². The van der Waals surface area contributed by atoms with Crippen molar-refractivity contribution in [1.29, 1.82) is 0 Å². The summed E-state index contributed by atoms with van der Waals surface area (Å²) in [6.45, 7) is 2.81. The summed E-state index contributed by atoms with van der Waals surface area (Å²) in [4.78, 5) is 4.19. The van der Waals surface area contributed by atoms with E-state index >= 15 is 0 Å². The lowest BCUT2D eigenvalue weighted by Crippen LogP contribution is -2.23. The number of nitrogens with two attached hydrogens (primary N) is 1. The quantitative estimate of drug-likeness (QED) is 0.380. The van der Waals surface area contributed by atoms with E-state index in [0.29, 0.717) is 5.96 Å². The molecule has 5 heteroatoms. The molecule has 0 bridgehead atoms. The Morgan fingerprint density at radius 3 is 2.56 bits per heavy atom. The van der Waals surface area contributed by atoms with Gasteiger partial charge in [0.1, 0.15) is 0 Å². The molecule has 90 valence electrons. The summed E-state index contributed by atoms with van der Waals surface area (Å²) in [6.07, 6.45) is 2.05. The molecule has 3 nitrogen and oxygen atoms in total. The lowest BCUT2D eigenvalue weighted by Gasteiger charge is -2.05. The third-order valence-corrected chi connectivity index (χ3v) is 2.49. The number of anilines is 1. The number of benzene rings is 1. The largest absolute Gasteiger partial charge is 0.370 e. The minimum atomic E-state index is 0. The monoisotopic (exact) mass is 351 g/mol. The second kappa shape index (κ2) is 8.69. The second-order valence-electron chi connectivity index (χ2n) is 3.25. The van der Waals surface area contributed by atoms with Crippen molar-refractivity contribution in [2.45, 2.75) is 6.92 Å². The standard InChI is InChI=1S/C11H17N3S.HI/c1-9-3-5-10(6-4-9)14-11(12)13-7-8-15-2;/h3-6H,7-8H2,1-2H3,(H3,12,13,14);1H. The Bertz CT molecular complexity index is 325. The number of hydrogen-bond acceptors (Lipinski definition) is 2. The summed E-state index contributed by atoms with van der Waals surface area (Å²) in [5.74, 6) is 1.48. The van der Waals surface area contributed by atoms with E-state index in [2.05, 4.69) is 23.5 Å². The van der Waals surface area contributed by atoms with Crippen LogP contribution >= 0.6 is 35.7 Å². The van der Waals surface area contributed by atoms with Crippen LogP contribution in [0.2, 0.25) is 0 Å². The molecular formula is C11H18IN3S. The molecule has 0 amide bonds. The first-order valence-corrected chi connectivity index (χ1v) is 6.24. The van der Waals surface area contributed by atoms with Crippen molar-refractivity contribution in [2.24, 2.45) is 10.7 Å². The first kappa shape index (κ1) is 15.6. The van der Waals surface area contributed by atoms with Gasteiger partial charge in [-0.2, -0.15) is 11.8 Å². The van der Waals surface area contributed by atoms with E-state index < -0.39 is 0 Å². The van der Waals surface area contributed by atoms with Crippen molar-refractivity contribution in [3.8, 4) is 0 Å². The van der Waals surface area contributed by atoms with Gasteiger partial charge in [-0.05, 0) is 25.3 Å². The van der Waals surface area contributed by atoms with E-state index in [1.807, 2.05) is 24.3 Å². The number of aryl methyl sites for hydroxylation is 1. The lowest BCUT2D eigenvalue weighted by molar-refractivity contribution is 1.13. The fourth-order valence-corrected chi connectivity index (χ4v) is 1.36. The van der Waals surface area contributed by atoms with E-state index in [1.54, 1.807) is 11.8 Å². The van der Waals surface area contributed by atoms with Crippen LogP contribution in [0.4, 0.5) is 5.69 Å². The zero-order chi connectivity index (χ0) is 11.1. The number of halogens is 1. The van der Waals surface area contributed by atoms with Crippen LogP contribution in [-0.4, -0.2) is 24.5 Å². The van der Waals surface area contributed by atoms with E-state index in [1.165, 1.54) is 5.56 Å². The topological polar surface area (TPSA) is 50.4 Å². The molecule has 1 rings (SSSR count). The summed E-state index contributed by atoms with van der Waals surface area (Å²) < 4.78 is 0. The van der Waals surface area contributed by atoms with E-state index in [9.17, 15) is 0 Å². The molecule has 0 fully saturated rings. The molecule has 0 radical (unpaired) electrons. The first-order chi connectivity index (χ1) is 7.22. The molecule has 1 aromatic rings. The Balaban J connectivity index is 0.00000225. The molecule has 1 aromatic carbocycles. The number of aliphatic imine (C=N–C) groups is 1. The van der Waals surface area contributed by atoms with E-state index in [4.69, 9.17) is 5.73 Å². The molecule has 16 heavy (non-hydrogen) atoms. The third-order valence-electron chi connectivity index (χ3n) is 1.90. The molecule has 0 unspecified atom stereocenters. The highest BCUT2D eigenvalue weighted by Crippen LogP contribution is 2.07. The Labute approximate surface area is 118 Å². The molecule has 0 aliphatic rings. The van der Waals surface area contributed by atoms with Crippen LogP contribution in [0.5, 0.6) is 0 Å². The summed E-state index contributed by atoms with van der Waals surface area (Å²) in [5, 5.41) is 3.05. The van der Waals surface area contributed by atoms with Crippen molar-refractivity contribution >= 4 is 47.4 Å². The Hall–Kier alpha value is -0.430. The van der Waals surface area contributed by atoms with E-state index in [-0.39, 0.29) is 24.0 Å². The van der Waals surface area contributed by atoms with Gasteiger partial charge in [-0.15, -0.1) is 24.0 Å². The van der Waals surface area contributed by atoms with Crippen molar-refractivity contribution in [3.05, 3.63) is 29.8 Å². The van der Waals surface area contributed by atoms with Gasteiger partial charge in [0.2, 0.25) is 0 Å². The number of nitrogens with zero attached hydrogens (tertiary/aromatic N) is 1. The minimum Gasteiger partial charge on any atom is -0.370 e. The third kappa shape index (κ3) is 6.22. The summed E-state index contributed by atoms with van der Waals surface area (Å²) in [7, 11) is 0. The zero-order valence-electron chi connectivity index (χ0n) is 9.56. The predicted molar refractivity (Wildman–Crippen MR) is 85.1 cm³/mol. The molecule has 0 aliphatic carbocycles. The highest BCUT2D eigenvalue weighted by atomic mass is 127. The Morgan fingerprint density at radius 1 is 1.38 bits per heavy atom. The lowest BCUT2D eigenvalue weighted by atomic mass is 10.2. The maximum absolute atomic E-state index is 5.71. The fraction of sp³-hybridized carbons (Fsp3) is 0.364. The van der Waals surface area contributed by atoms with E-state index in [0.717, 1.165) is 18.0 Å². The first-order valence-electron chi connectivity index (χ1n) is 4.85. The van der Waals surface area contributed by atoms with Crippen molar-refractivity contribution in [2.75, 3.05) is 23.9 Å². The summed E-state index contributed by atoms with van der Waals surface area (Å²) >= 11 is 1.76. The second-order valence-corrected chi connectivity index (χ2v) is 4.24. The van der Waals surface area contributed by atoms with Gasteiger partial charge in [-0.1, -0.05) is 17.7 Å². The van der Waals surface area contributed by atoms with Gasteiger partial charge in [0.25, 0.3) is 0 Å². The average Bonchev–Trinajstić information content (AvgIpc) is 2.22. The van der Waals surface area contributed by atoms with Crippen LogP contribution in [0, 0.1) is 6.92 Å². The van der Waals surface area contributed by atoms with Crippen molar-refractivity contribution < 1.29 is 0 Å². The maximum atomic E-state index is 5.71. The van der Waals surface area contributed by atoms with Crippen molar-refractivity contribution in [3.63, 3.8) is 0 Å². The van der Waals surface area contributed by atoms with Crippen LogP contribution in [0.25, 0.3) is 0 Å². The van der Waals surface area contributed by atoms with Gasteiger partial charge >= 0.3 is 0 Å². The van der Waals surface area contributed by atoms with Gasteiger partial charge < -0.3 is 11.1 Å². The Morgan fingerprint density at radius 2 is 2.00 bits per heavy atom. The predicted octanol–water partition coefficient (Wildman–Crippen LogP) is 2.70. The number of thioether (sulfide) groups is 1. The number of guanidine groups is 1. The van der Waals surface area contributed by atoms with Gasteiger partial charge in [0, 0.05) is 11.4 Å². The zero-order valence-corrected chi connectivity index (χ0v) is 12.7. The average molecular weight is 351 g/mol. The normalized spacial score (nSPS) is 10.8. The molecule has 3 N–H and O–H groups in total. The Kier molecular flexibility index (Phi) is 8.46. The molecule has 0 heterocycles. The van der Waals surface area contributed by atoms with Gasteiger partial charge in [-0.25, -0.2) is 0 Å². The molecule has 0 aromatic heterocycles. The van der Waals surface area contributed by atoms with Crippen LogP contribution in [-0.2, 0) is 0 Å². The van der Waals surface area contributed by atoms with Crippen LogP contribution in [0.1, 0.15) is 5.56 Å². The minimum absolute atomic E-state index is 0. The smallest absolute Gasteiger partial charge is 0.193 e. The highest BCUT2D eigenvalue weighted by Gasteiger charge is 1.93. The molecule has 0 spiro atoms.